The fraction of sp³-hybridized carbons (Fsp3) is 0.364. The van der Waals surface area contributed by atoms with Crippen molar-refractivity contribution >= 4 is 39.9 Å². The van der Waals surface area contributed by atoms with Crippen molar-refractivity contribution in [1.82, 2.24) is 24.9 Å². The first kappa shape index (κ1) is 22.9. The highest BCUT2D eigenvalue weighted by atomic mass is 32.3. The van der Waals surface area contributed by atoms with E-state index in [1.165, 1.54) is 11.3 Å². The first-order chi connectivity index (χ1) is 17.5. The molecule has 2 fully saturated rings. The van der Waals surface area contributed by atoms with E-state index >= 15 is 0 Å². The maximum atomic E-state index is 11.8. The molecule has 0 N–H and O–H groups in total. The monoisotopic (exact) mass is 530 g/mol. The van der Waals surface area contributed by atoms with Crippen LogP contribution in [-0.2, 0) is 18.0 Å². The molecular formula is C22H22N6O6S2. The number of piperazine rings is 1. The zero-order valence-electron chi connectivity index (χ0n) is 19.3. The van der Waals surface area contributed by atoms with Crippen molar-refractivity contribution in [2.45, 2.75) is 18.2 Å². The number of amidine groups is 1. The standard InChI is InChI=1S/C22H22N6O6S2/c1-14-23-18(25-32-14)16-13-35-22(24-16)31-12-4-7-27-8-10-28(11-9-27)19-15-5-2-3-6-17(15)36(26-19)33-20(29)21(30)34-36/h2-3,5-6,13H,4,7-12H2,1H3. The second kappa shape index (κ2) is 9.19. The van der Waals surface area contributed by atoms with E-state index in [0.29, 0.717) is 39.9 Å². The van der Waals surface area contributed by atoms with Crippen molar-refractivity contribution in [2.75, 3.05) is 39.3 Å². The number of thiazole rings is 1. The van der Waals surface area contributed by atoms with Crippen LogP contribution < -0.4 is 4.74 Å². The summed E-state index contributed by atoms with van der Waals surface area (Å²) in [5, 5.41) is 6.30. The Kier molecular flexibility index (Phi) is 5.85. The topological polar surface area (TPSA) is 132 Å². The lowest BCUT2D eigenvalue weighted by Gasteiger charge is -2.35. The number of aryl methyl sites for hydroxylation is 1. The molecule has 6 rings (SSSR count). The van der Waals surface area contributed by atoms with Crippen LogP contribution in [-0.4, -0.2) is 82.0 Å². The zero-order valence-corrected chi connectivity index (χ0v) is 20.9. The lowest BCUT2D eigenvalue weighted by atomic mass is 10.1. The van der Waals surface area contributed by atoms with Gasteiger partial charge < -0.3 is 22.5 Å². The molecule has 2 aromatic heterocycles. The van der Waals surface area contributed by atoms with E-state index in [4.69, 9.17) is 17.6 Å². The summed E-state index contributed by atoms with van der Waals surface area (Å²) < 4.78 is 26.1. The van der Waals surface area contributed by atoms with Crippen LogP contribution in [0.2, 0.25) is 0 Å². The number of ether oxygens (including phenoxy) is 1. The van der Waals surface area contributed by atoms with Gasteiger partial charge in [0, 0.05) is 61.4 Å². The smallest absolute Gasteiger partial charge is 0.443 e. The van der Waals surface area contributed by atoms with Gasteiger partial charge in [-0.2, -0.15) is 9.97 Å². The van der Waals surface area contributed by atoms with Crippen LogP contribution in [0.3, 0.4) is 0 Å². The lowest BCUT2D eigenvalue weighted by Crippen LogP contribution is -2.49. The molecule has 36 heavy (non-hydrogen) atoms. The molecule has 0 saturated carbocycles. The number of fused-ring (bicyclic) bond motifs is 2. The van der Waals surface area contributed by atoms with Crippen molar-refractivity contribution in [3.8, 4) is 16.7 Å². The van der Waals surface area contributed by atoms with Crippen LogP contribution in [0.5, 0.6) is 5.19 Å². The molecule has 0 aliphatic carbocycles. The molecule has 3 aliphatic rings. The van der Waals surface area contributed by atoms with Gasteiger partial charge in [0.2, 0.25) is 11.7 Å². The molecule has 1 spiro atoms. The quantitative estimate of drug-likeness (QED) is 0.344. The zero-order chi connectivity index (χ0) is 24.7. The summed E-state index contributed by atoms with van der Waals surface area (Å²) in [5.74, 6) is -0.312. The van der Waals surface area contributed by atoms with E-state index in [0.717, 1.165) is 44.7 Å². The third kappa shape index (κ3) is 4.20. The minimum atomic E-state index is -2.76. The number of carbonyl (C=O) groups excluding carboxylic acids is 2. The highest BCUT2D eigenvalue weighted by Crippen LogP contribution is 2.66. The van der Waals surface area contributed by atoms with Gasteiger partial charge in [-0.1, -0.05) is 28.6 Å². The van der Waals surface area contributed by atoms with E-state index in [1.54, 1.807) is 13.0 Å². The average molecular weight is 531 g/mol. The predicted octanol–water partition coefficient (Wildman–Crippen LogP) is 2.36. The highest BCUT2D eigenvalue weighted by Gasteiger charge is 2.49. The van der Waals surface area contributed by atoms with E-state index < -0.39 is 22.7 Å². The third-order valence-corrected chi connectivity index (χ3v) is 8.74. The summed E-state index contributed by atoms with van der Waals surface area (Å²) in [6.07, 6.45) is 0.860. The third-order valence-electron chi connectivity index (χ3n) is 5.91. The lowest BCUT2D eigenvalue weighted by molar-refractivity contribution is -0.150. The van der Waals surface area contributed by atoms with E-state index in [9.17, 15) is 9.59 Å². The first-order valence-corrected chi connectivity index (χ1v) is 13.7. The largest absolute Gasteiger partial charge is 0.470 e. The summed E-state index contributed by atoms with van der Waals surface area (Å²) >= 11 is 1.41. The molecule has 0 amide bonds. The minimum absolute atomic E-state index is 0.461. The summed E-state index contributed by atoms with van der Waals surface area (Å²) in [6, 6.07) is 7.45. The van der Waals surface area contributed by atoms with Crippen molar-refractivity contribution in [3.63, 3.8) is 0 Å². The summed E-state index contributed by atoms with van der Waals surface area (Å²) in [5.41, 5.74) is 1.49. The second-order valence-corrected chi connectivity index (χ2v) is 11.0. The minimum Gasteiger partial charge on any atom is -0.470 e. The highest BCUT2D eigenvalue weighted by molar-refractivity contribution is 8.26. The van der Waals surface area contributed by atoms with Crippen molar-refractivity contribution in [1.29, 1.82) is 0 Å². The second-order valence-electron chi connectivity index (χ2n) is 8.29. The van der Waals surface area contributed by atoms with Crippen molar-refractivity contribution in [3.05, 3.63) is 41.1 Å². The van der Waals surface area contributed by atoms with Gasteiger partial charge in [-0.05, 0) is 18.6 Å². The first-order valence-electron chi connectivity index (χ1n) is 11.4. The van der Waals surface area contributed by atoms with Gasteiger partial charge in [-0.3, -0.25) is 4.90 Å². The van der Waals surface area contributed by atoms with Crippen LogP contribution >= 0.6 is 22.1 Å². The number of hydrogen-bond acceptors (Lipinski definition) is 13. The van der Waals surface area contributed by atoms with Crippen LogP contribution in [0, 0.1) is 6.92 Å². The average Bonchev–Trinajstić information content (AvgIpc) is 3.65. The van der Waals surface area contributed by atoms with E-state index in [1.807, 2.05) is 23.6 Å². The molecule has 0 radical (unpaired) electrons. The fourth-order valence-corrected chi connectivity index (χ4v) is 6.93. The van der Waals surface area contributed by atoms with Gasteiger partial charge in [0.05, 0.1) is 6.61 Å². The summed E-state index contributed by atoms with van der Waals surface area (Å²) in [4.78, 5) is 37.3. The number of rotatable bonds is 6. The Labute approximate surface area is 211 Å². The van der Waals surface area contributed by atoms with Crippen LogP contribution in [0.25, 0.3) is 11.5 Å². The molecule has 0 atom stereocenters. The van der Waals surface area contributed by atoms with Gasteiger partial charge >= 0.3 is 11.9 Å². The van der Waals surface area contributed by atoms with E-state index in [-0.39, 0.29) is 0 Å². The summed E-state index contributed by atoms with van der Waals surface area (Å²) in [7, 11) is -2.76. The van der Waals surface area contributed by atoms with Crippen molar-refractivity contribution in [2.24, 2.45) is 4.40 Å². The molecular weight excluding hydrogens is 508 g/mol. The molecule has 2 saturated heterocycles. The van der Waals surface area contributed by atoms with Gasteiger partial charge in [-0.15, -0.1) is 4.40 Å². The van der Waals surface area contributed by atoms with E-state index in [2.05, 4.69) is 29.3 Å². The van der Waals surface area contributed by atoms with Gasteiger partial charge in [0.15, 0.2) is 5.84 Å². The van der Waals surface area contributed by atoms with Gasteiger partial charge in [0.1, 0.15) is 10.6 Å². The number of benzene rings is 1. The Morgan fingerprint density at radius 1 is 1.08 bits per heavy atom. The molecule has 0 bridgehead atoms. The molecule has 14 heteroatoms. The van der Waals surface area contributed by atoms with Crippen LogP contribution in [0.15, 0.2) is 43.5 Å². The van der Waals surface area contributed by atoms with Crippen LogP contribution in [0.1, 0.15) is 17.9 Å². The Balaban J connectivity index is 1.01. The molecule has 188 valence electrons. The normalized spacial score (nSPS) is 19.7. The molecule has 0 unspecified atom stereocenters. The summed E-state index contributed by atoms with van der Waals surface area (Å²) in [6.45, 7) is 6.39. The molecule has 1 aromatic carbocycles. The Hall–Kier alpha value is -3.49. The molecule has 3 aromatic rings. The fourth-order valence-electron chi connectivity index (χ4n) is 4.19. The predicted molar refractivity (Wildman–Crippen MR) is 129 cm³/mol. The Morgan fingerprint density at radius 3 is 2.61 bits per heavy atom. The number of aromatic nitrogens is 3. The maximum Gasteiger partial charge on any atom is 0.443 e. The number of hydrogen-bond donors (Lipinski definition) is 0. The molecule has 12 nitrogen and oxygen atoms in total. The van der Waals surface area contributed by atoms with Crippen molar-refractivity contribution < 1.29 is 27.2 Å². The Morgan fingerprint density at radius 2 is 1.86 bits per heavy atom. The number of carbonyl (C=O) groups is 2. The molecule has 5 heterocycles. The van der Waals surface area contributed by atoms with Gasteiger partial charge in [-0.25, -0.2) is 9.59 Å². The molecule has 3 aliphatic heterocycles. The SMILES string of the molecule is Cc1nc(-c2csc(OCCCN3CCN(C4=NS5(OC(=O)C(=O)O5)c5ccccc54)CC3)n2)no1. The Bertz CT molecular complexity index is 1330. The number of nitrogens with zero attached hydrogens (tertiary/aromatic N) is 6. The maximum absolute atomic E-state index is 11.8. The van der Waals surface area contributed by atoms with Gasteiger partial charge in [0.25, 0.3) is 5.19 Å². The van der Waals surface area contributed by atoms with Crippen LogP contribution in [0.4, 0.5) is 0 Å².